The van der Waals surface area contributed by atoms with Gasteiger partial charge in [-0.15, -0.1) is 0 Å². The number of amides is 2. The third kappa shape index (κ3) is 3.60. The summed E-state index contributed by atoms with van der Waals surface area (Å²) in [6.07, 6.45) is -1.00. The van der Waals surface area contributed by atoms with Crippen molar-refractivity contribution < 1.29 is 19.1 Å². The number of cyclic esters (lactones) is 1. The SMILES string of the molecule is O=C(Nc1ccccc1)OCC1COC(=O)N1c1ccccc1. The normalized spacial score (nSPS) is 16.8. The molecule has 1 aliphatic heterocycles. The highest BCUT2D eigenvalue weighted by atomic mass is 16.6. The van der Waals surface area contributed by atoms with Crippen LogP contribution in [0.2, 0.25) is 0 Å². The first-order valence-corrected chi connectivity index (χ1v) is 7.24. The van der Waals surface area contributed by atoms with E-state index in [2.05, 4.69) is 5.32 Å². The van der Waals surface area contributed by atoms with Crippen LogP contribution in [-0.2, 0) is 9.47 Å². The van der Waals surface area contributed by atoms with Crippen LogP contribution < -0.4 is 10.2 Å². The third-order valence-electron chi connectivity index (χ3n) is 3.42. The lowest BCUT2D eigenvalue weighted by molar-refractivity contribution is 0.146. The molecule has 3 rings (SSSR count). The van der Waals surface area contributed by atoms with E-state index < -0.39 is 12.2 Å². The molecule has 1 N–H and O–H groups in total. The number of hydrogen-bond acceptors (Lipinski definition) is 4. The van der Waals surface area contributed by atoms with Crippen molar-refractivity contribution >= 4 is 23.6 Å². The van der Waals surface area contributed by atoms with Crippen LogP contribution in [0.1, 0.15) is 0 Å². The van der Waals surface area contributed by atoms with E-state index in [1.54, 1.807) is 12.1 Å². The number of carbonyl (C=O) groups excluding carboxylic acids is 2. The Balaban J connectivity index is 1.59. The molecule has 2 amide bonds. The zero-order valence-corrected chi connectivity index (χ0v) is 12.3. The van der Waals surface area contributed by atoms with Crippen molar-refractivity contribution in [3.05, 3.63) is 60.7 Å². The molecule has 23 heavy (non-hydrogen) atoms. The fourth-order valence-electron chi connectivity index (χ4n) is 2.34. The Bertz CT molecular complexity index is 676. The van der Waals surface area contributed by atoms with Gasteiger partial charge in [0.05, 0.1) is 0 Å². The Labute approximate surface area is 133 Å². The van der Waals surface area contributed by atoms with Crippen LogP contribution in [0, 0.1) is 0 Å². The van der Waals surface area contributed by atoms with Gasteiger partial charge in [-0.1, -0.05) is 36.4 Å². The van der Waals surface area contributed by atoms with Crippen molar-refractivity contribution in [2.24, 2.45) is 0 Å². The van der Waals surface area contributed by atoms with Gasteiger partial charge in [0.2, 0.25) is 0 Å². The summed E-state index contributed by atoms with van der Waals surface area (Å²) >= 11 is 0. The molecule has 0 saturated carbocycles. The molecule has 2 aromatic rings. The van der Waals surface area contributed by atoms with E-state index in [-0.39, 0.29) is 19.3 Å². The fourth-order valence-corrected chi connectivity index (χ4v) is 2.34. The van der Waals surface area contributed by atoms with Crippen molar-refractivity contribution in [2.45, 2.75) is 6.04 Å². The molecule has 1 fully saturated rings. The van der Waals surface area contributed by atoms with Gasteiger partial charge in [0, 0.05) is 11.4 Å². The molecular formula is C17H16N2O4. The lowest BCUT2D eigenvalue weighted by Crippen LogP contribution is -2.38. The Kier molecular flexibility index (Phi) is 4.42. The van der Waals surface area contributed by atoms with E-state index in [1.807, 2.05) is 48.5 Å². The zero-order chi connectivity index (χ0) is 16.1. The van der Waals surface area contributed by atoms with Gasteiger partial charge in [0.15, 0.2) is 0 Å². The first-order chi connectivity index (χ1) is 11.2. The van der Waals surface area contributed by atoms with E-state index in [0.29, 0.717) is 11.4 Å². The van der Waals surface area contributed by atoms with E-state index in [1.165, 1.54) is 4.90 Å². The van der Waals surface area contributed by atoms with Crippen molar-refractivity contribution in [3.63, 3.8) is 0 Å². The van der Waals surface area contributed by atoms with E-state index in [0.717, 1.165) is 0 Å². The summed E-state index contributed by atoms with van der Waals surface area (Å²) < 4.78 is 10.3. The molecule has 6 heteroatoms. The first kappa shape index (κ1) is 14.9. The molecular weight excluding hydrogens is 296 g/mol. The quantitative estimate of drug-likeness (QED) is 0.941. The van der Waals surface area contributed by atoms with Crippen molar-refractivity contribution in [3.8, 4) is 0 Å². The third-order valence-corrected chi connectivity index (χ3v) is 3.42. The molecule has 1 atom stereocenters. The van der Waals surface area contributed by atoms with Crippen molar-refractivity contribution in [1.29, 1.82) is 0 Å². The number of nitrogens with one attached hydrogen (secondary N) is 1. The lowest BCUT2D eigenvalue weighted by Gasteiger charge is -2.21. The standard InChI is InChI=1S/C17H16N2O4/c20-16(18-13-7-3-1-4-8-13)22-11-15-12-23-17(21)19(15)14-9-5-2-6-10-14/h1-10,15H,11-12H2,(H,18,20). The molecule has 1 heterocycles. The van der Waals surface area contributed by atoms with Gasteiger partial charge in [-0.25, -0.2) is 9.59 Å². The molecule has 0 bridgehead atoms. The van der Waals surface area contributed by atoms with Crippen LogP contribution in [0.15, 0.2) is 60.7 Å². The Morgan fingerprint density at radius 1 is 1.13 bits per heavy atom. The highest BCUT2D eigenvalue weighted by Gasteiger charge is 2.35. The maximum atomic E-state index is 11.9. The number of ether oxygens (including phenoxy) is 2. The largest absolute Gasteiger partial charge is 0.447 e. The second-order valence-corrected chi connectivity index (χ2v) is 5.03. The summed E-state index contributed by atoms with van der Waals surface area (Å²) in [4.78, 5) is 25.2. The molecule has 1 saturated heterocycles. The monoisotopic (exact) mass is 312 g/mol. The van der Waals surface area contributed by atoms with Gasteiger partial charge in [-0.05, 0) is 24.3 Å². The van der Waals surface area contributed by atoms with Gasteiger partial charge in [-0.2, -0.15) is 0 Å². The number of anilines is 2. The Hall–Kier alpha value is -3.02. The smallest absolute Gasteiger partial charge is 0.414 e. The van der Waals surface area contributed by atoms with Gasteiger partial charge in [0.25, 0.3) is 0 Å². The number of para-hydroxylation sites is 2. The second-order valence-electron chi connectivity index (χ2n) is 5.03. The van der Waals surface area contributed by atoms with Gasteiger partial charge in [-0.3, -0.25) is 10.2 Å². The van der Waals surface area contributed by atoms with Crippen molar-refractivity contribution in [2.75, 3.05) is 23.4 Å². The number of nitrogens with zero attached hydrogens (tertiary/aromatic N) is 1. The predicted molar refractivity (Wildman–Crippen MR) is 85.5 cm³/mol. The maximum Gasteiger partial charge on any atom is 0.414 e. The Morgan fingerprint density at radius 3 is 2.48 bits per heavy atom. The lowest BCUT2D eigenvalue weighted by atomic mass is 10.2. The maximum absolute atomic E-state index is 11.9. The van der Waals surface area contributed by atoms with Crippen LogP contribution in [0.3, 0.4) is 0 Å². The average Bonchev–Trinajstić information content (AvgIpc) is 2.95. The molecule has 0 spiro atoms. The van der Waals surface area contributed by atoms with Gasteiger partial charge in [0.1, 0.15) is 19.3 Å². The van der Waals surface area contributed by atoms with Gasteiger partial charge < -0.3 is 9.47 Å². The zero-order valence-electron chi connectivity index (χ0n) is 12.3. The second kappa shape index (κ2) is 6.83. The number of rotatable bonds is 4. The van der Waals surface area contributed by atoms with E-state index in [9.17, 15) is 9.59 Å². The minimum Gasteiger partial charge on any atom is -0.447 e. The van der Waals surface area contributed by atoms with Crippen LogP contribution in [0.5, 0.6) is 0 Å². The van der Waals surface area contributed by atoms with Crippen LogP contribution >= 0.6 is 0 Å². The predicted octanol–water partition coefficient (Wildman–Crippen LogP) is 3.26. The summed E-state index contributed by atoms with van der Waals surface area (Å²) in [6, 6.07) is 17.8. The Morgan fingerprint density at radius 2 is 1.78 bits per heavy atom. The van der Waals surface area contributed by atoms with Crippen molar-refractivity contribution in [1.82, 2.24) is 0 Å². The first-order valence-electron chi connectivity index (χ1n) is 7.24. The van der Waals surface area contributed by atoms with Crippen LogP contribution in [0.25, 0.3) is 0 Å². The molecule has 0 aliphatic carbocycles. The highest BCUT2D eigenvalue weighted by Crippen LogP contribution is 2.22. The minimum atomic E-state index is -0.566. The summed E-state index contributed by atoms with van der Waals surface area (Å²) in [6.45, 7) is 0.242. The molecule has 1 unspecified atom stereocenters. The highest BCUT2D eigenvalue weighted by molar-refractivity contribution is 5.90. The summed E-state index contributed by atoms with van der Waals surface area (Å²) in [5.41, 5.74) is 1.36. The molecule has 0 aromatic heterocycles. The summed E-state index contributed by atoms with van der Waals surface area (Å²) in [5.74, 6) is 0. The summed E-state index contributed by atoms with van der Waals surface area (Å²) in [7, 11) is 0. The number of benzene rings is 2. The molecule has 6 nitrogen and oxygen atoms in total. The van der Waals surface area contributed by atoms with E-state index in [4.69, 9.17) is 9.47 Å². The molecule has 1 aliphatic rings. The molecule has 118 valence electrons. The number of carbonyl (C=O) groups is 2. The van der Waals surface area contributed by atoms with E-state index >= 15 is 0 Å². The fraction of sp³-hybridized carbons (Fsp3) is 0.176. The number of hydrogen-bond donors (Lipinski definition) is 1. The topological polar surface area (TPSA) is 67.9 Å². The van der Waals surface area contributed by atoms with Crippen LogP contribution in [0.4, 0.5) is 21.0 Å². The minimum absolute atomic E-state index is 0.0549. The average molecular weight is 312 g/mol. The molecule has 2 aromatic carbocycles. The summed E-state index contributed by atoms with van der Waals surface area (Å²) in [5, 5.41) is 2.63. The molecule has 0 radical (unpaired) electrons. The van der Waals surface area contributed by atoms with Crippen LogP contribution in [-0.4, -0.2) is 31.4 Å². The van der Waals surface area contributed by atoms with Gasteiger partial charge >= 0.3 is 12.2 Å².